The highest BCUT2D eigenvalue weighted by Crippen LogP contribution is 2.11. The smallest absolute Gasteiger partial charge is 0.157 e. The largest absolute Gasteiger partial charge is 0.484 e. The van der Waals surface area contributed by atoms with Gasteiger partial charge in [0.1, 0.15) is 6.61 Å². The summed E-state index contributed by atoms with van der Waals surface area (Å²) in [6, 6.07) is 4.09. The summed E-state index contributed by atoms with van der Waals surface area (Å²) in [7, 11) is 0. The maximum absolute atomic E-state index is 5.67. The minimum Gasteiger partial charge on any atom is -0.484 e. The van der Waals surface area contributed by atoms with Gasteiger partial charge < -0.3 is 10.1 Å². The predicted octanol–water partition coefficient (Wildman–Crippen LogP) is 2.77. The predicted molar refractivity (Wildman–Crippen MR) is 83.1 cm³/mol. The first-order valence-corrected chi connectivity index (χ1v) is 7.30. The van der Waals surface area contributed by atoms with E-state index in [1.54, 1.807) is 6.20 Å². The van der Waals surface area contributed by atoms with Crippen LogP contribution >= 0.6 is 0 Å². The zero-order chi connectivity index (χ0) is 15.3. The molecule has 114 valence electrons. The molecule has 0 aliphatic rings. The summed E-state index contributed by atoms with van der Waals surface area (Å²) in [4.78, 5) is 4.43. The van der Waals surface area contributed by atoms with Crippen molar-refractivity contribution in [1.29, 1.82) is 0 Å². The van der Waals surface area contributed by atoms with Crippen LogP contribution in [0.5, 0.6) is 5.75 Å². The van der Waals surface area contributed by atoms with Gasteiger partial charge in [-0.1, -0.05) is 6.07 Å². The Morgan fingerprint density at radius 3 is 2.62 bits per heavy atom. The molecule has 0 spiro atoms. The van der Waals surface area contributed by atoms with Crippen LogP contribution in [0.1, 0.15) is 39.0 Å². The zero-order valence-electron chi connectivity index (χ0n) is 13.3. The van der Waals surface area contributed by atoms with Crippen LogP contribution in [-0.2, 0) is 19.7 Å². The van der Waals surface area contributed by atoms with Crippen LogP contribution in [0, 0.1) is 0 Å². The molecule has 0 bridgehead atoms. The van der Waals surface area contributed by atoms with Crippen LogP contribution < -0.4 is 10.1 Å². The van der Waals surface area contributed by atoms with Crippen molar-refractivity contribution in [1.82, 2.24) is 20.1 Å². The van der Waals surface area contributed by atoms with E-state index in [-0.39, 0.29) is 5.54 Å². The molecule has 0 unspecified atom stereocenters. The van der Waals surface area contributed by atoms with Crippen LogP contribution in [0.4, 0.5) is 0 Å². The molecule has 0 atom stereocenters. The van der Waals surface area contributed by atoms with Crippen molar-refractivity contribution in [3.63, 3.8) is 0 Å². The van der Waals surface area contributed by atoms with Crippen LogP contribution in [0.2, 0.25) is 0 Å². The highest BCUT2D eigenvalue weighted by Gasteiger charge is 2.08. The SMILES string of the molecule is CCn1cc(OCc2ccc(CNC(C)(C)C)cn2)cn1. The quantitative estimate of drug-likeness (QED) is 0.888. The maximum Gasteiger partial charge on any atom is 0.157 e. The van der Waals surface area contributed by atoms with E-state index in [1.807, 2.05) is 30.1 Å². The van der Waals surface area contributed by atoms with Crippen LogP contribution in [0.25, 0.3) is 0 Å². The Kier molecular flexibility index (Phi) is 4.96. The van der Waals surface area contributed by atoms with E-state index < -0.39 is 0 Å². The Labute approximate surface area is 126 Å². The molecule has 2 heterocycles. The third-order valence-corrected chi connectivity index (χ3v) is 3.03. The van der Waals surface area contributed by atoms with E-state index in [1.165, 1.54) is 5.56 Å². The van der Waals surface area contributed by atoms with Crippen LogP contribution in [0.3, 0.4) is 0 Å². The monoisotopic (exact) mass is 288 g/mol. The summed E-state index contributed by atoms with van der Waals surface area (Å²) in [6.45, 7) is 10.6. The number of pyridine rings is 1. The van der Waals surface area contributed by atoms with Gasteiger partial charge in [0.05, 0.1) is 18.1 Å². The van der Waals surface area contributed by atoms with Crippen molar-refractivity contribution >= 4 is 0 Å². The lowest BCUT2D eigenvalue weighted by molar-refractivity contribution is 0.301. The molecule has 0 aliphatic heterocycles. The highest BCUT2D eigenvalue weighted by atomic mass is 16.5. The van der Waals surface area contributed by atoms with E-state index in [2.05, 4.69) is 42.2 Å². The second-order valence-corrected chi connectivity index (χ2v) is 6.08. The molecule has 1 N–H and O–H groups in total. The molecule has 0 radical (unpaired) electrons. The Bertz CT molecular complexity index is 554. The van der Waals surface area contributed by atoms with E-state index in [9.17, 15) is 0 Å². The summed E-state index contributed by atoms with van der Waals surface area (Å²) in [5.41, 5.74) is 2.20. The number of hydrogen-bond donors (Lipinski definition) is 1. The minimum absolute atomic E-state index is 0.112. The van der Waals surface area contributed by atoms with Crippen LogP contribution in [0.15, 0.2) is 30.7 Å². The average Bonchev–Trinajstić information content (AvgIpc) is 2.91. The van der Waals surface area contributed by atoms with Gasteiger partial charge in [-0.05, 0) is 39.3 Å². The number of aromatic nitrogens is 3. The lowest BCUT2D eigenvalue weighted by Gasteiger charge is -2.20. The lowest BCUT2D eigenvalue weighted by Crippen LogP contribution is -2.35. The molecule has 0 fully saturated rings. The van der Waals surface area contributed by atoms with E-state index in [0.717, 1.165) is 24.5 Å². The fourth-order valence-corrected chi connectivity index (χ4v) is 1.76. The normalized spacial score (nSPS) is 11.6. The highest BCUT2D eigenvalue weighted by molar-refractivity contribution is 5.16. The summed E-state index contributed by atoms with van der Waals surface area (Å²) >= 11 is 0. The third-order valence-electron chi connectivity index (χ3n) is 3.03. The molecule has 5 nitrogen and oxygen atoms in total. The van der Waals surface area contributed by atoms with Gasteiger partial charge in [0.25, 0.3) is 0 Å². The molecule has 2 aromatic rings. The van der Waals surface area contributed by atoms with Gasteiger partial charge >= 0.3 is 0 Å². The first-order valence-electron chi connectivity index (χ1n) is 7.30. The fourth-order valence-electron chi connectivity index (χ4n) is 1.76. The average molecular weight is 288 g/mol. The second-order valence-electron chi connectivity index (χ2n) is 6.08. The van der Waals surface area contributed by atoms with Crippen LogP contribution in [-0.4, -0.2) is 20.3 Å². The summed E-state index contributed by atoms with van der Waals surface area (Å²) < 4.78 is 7.50. The molecule has 0 aliphatic carbocycles. The molecule has 21 heavy (non-hydrogen) atoms. The van der Waals surface area contributed by atoms with E-state index in [4.69, 9.17) is 4.74 Å². The Morgan fingerprint density at radius 2 is 2.05 bits per heavy atom. The van der Waals surface area contributed by atoms with Crippen molar-refractivity contribution in [3.05, 3.63) is 42.0 Å². The fraction of sp³-hybridized carbons (Fsp3) is 0.500. The lowest BCUT2D eigenvalue weighted by atomic mass is 10.1. The Balaban J connectivity index is 1.84. The van der Waals surface area contributed by atoms with Crippen molar-refractivity contribution in [2.45, 2.75) is 52.9 Å². The standard InChI is InChI=1S/C16H24N4O/c1-5-20-11-15(10-19-20)21-12-14-7-6-13(8-17-14)9-18-16(2,3)4/h6-8,10-11,18H,5,9,12H2,1-4H3. The number of aryl methyl sites for hydroxylation is 1. The summed E-state index contributed by atoms with van der Waals surface area (Å²) in [5.74, 6) is 0.775. The van der Waals surface area contributed by atoms with Gasteiger partial charge in [0.2, 0.25) is 0 Å². The number of ether oxygens (including phenoxy) is 1. The van der Waals surface area contributed by atoms with Gasteiger partial charge in [-0.2, -0.15) is 5.10 Å². The topological polar surface area (TPSA) is 52.0 Å². The van der Waals surface area contributed by atoms with Gasteiger partial charge in [-0.25, -0.2) is 0 Å². The first-order chi connectivity index (χ1) is 9.96. The van der Waals surface area contributed by atoms with Crippen molar-refractivity contribution in [3.8, 4) is 5.75 Å². The molecule has 0 saturated carbocycles. The summed E-state index contributed by atoms with van der Waals surface area (Å²) in [6.07, 6.45) is 5.51. The number of hydrogen-bond acceptors (Lipinski definition) is 4. The number of rotatable bonds is 6. The van der Waals surface area contributed by atoms with Crippen molar-refractivity contribution in [2.24, 2.45) is 0 Å². The maximum atomic E-state index is 5.67. The van der Waals surface area contributed by atoms with Gasteiger partial charge in [0, 0.05) is 24.8 Å². The zero-order valence-corrected chi connectivity index (χ0v) is 13.3. The van der Waals surface area contributed by atoms with E-state index >= 15 is 0 Å². The molecular weight excluding hydrogens is 264 g/mol. The molecule has 2 rings (SSSR count). The Hall–Kier alpha value is -1.88. The molecule has 0 amide bonds. The van der Waals surface area contributed by atoms with Gasteiger partial charge in [-0.3, -0.25) is 9.67 Å². The van der Waals surface area contributed by atoms with Gasteiger partial charge in [-0.15, -0.1) is 0 Å². The number of nitrogens with zero attached hydrogens (tertiary/aromatic N) is 3. The molecule has 0 saturated heterocycles. The molecule has 2 aromatic heterocycles. The third kappa shape index (κ3) is 5.19. The Morgan fingerprint density at radius 1 is 1.24 bits per heavy atom. The first kappa shape index (κ1) is 15.5. The van der Waals surface area contributed by atoms with Crippen molar-refractivity contribution in [2.75, 3.05) is 0 Å². The van der Waals surface area contributed by atoms with E-state index in [0.29, 0.717) is 6.61 Å². The minimum atomic E-state index is 0.112. The second kappa shape index (κ2) is 6.72. The summed E-state index contributed by atoms with van der Waals surface area (Å²) in [5, 5.41) is 7.61. The van der Waals surface area contributed by atoms with Crippen molar-refractivity contribution < 1.29 is 4.74 Å². The van der Waals surface area contributed by atoms with Gasteiger partial charge in [0.15, 0.2) is 5.75 Å². The number of nitrogens with one attached hydrogen (secondary N) is 1. The molecule has 5 heteroatoms. The molecule has 0 aromatic carbocycles. The molecular formula is C16H24N4O.